The Morgan fingerprint density at radius 2 is 1.63 bits per heavy atom. The zero-order valence-corrected chi connectivity index (χ0v) is 20.8. The number of nitrogens with zero attached hydrogens (tertiary/aromatic N) is 3. The van der Waals surface area contributed by atoms with Crippen LogP contribution in [0.5, 0.6) is 0 Å². The molecule has 0 aliphatic rings. The van der Waals surface area contributed by atoms with Gasteiger partial charge in [0.25, 0.3) is 0 Å². The van der Waals surface area contributed by atoms with Gasteiger partial charge < -0.3 is 16.4 Å². The first-order valence-corrected chi connectivity index (χ1v) is 11.8. The molecule has 0 bridgehead atoms. The molecule has 0 fully saturated rings. The van der Waals surface area contributed by atoms with Crippen LogP contribution >= 0.6 is 23.2 Å². The summed E-state index contributed by atoms with van der Waals surface area (Å²) in [7, 11) is 0. The largest absolute Gasteiger partial charge is 0.393 e. The number of hydrogen-bond acceptors (Lipinski definition) is 6. The van der Waals surface area contributed by atoms with Crippen LogP contribution in [0.25, 0.3) is 0 Å². The van der Waals surface area contributed by atoms with Crippen LogP contribution in [0, 0.1) is 18.3 Å². The predicted octanol–water partition coefficient (Wildman–Crippen LogP) is 7.25. The van der Waals surface area contributed by atoms with Crippen molar-refractivity contribution in [3.05, 3.63) is 105 Å². The summed E-state index contributed by atoms with van der Waals surface area (Å²) in [5, 5.41) is 17.5. The Labute approximate surface area is 214 Å². The molecular formula is C27H24Cl2N6. The van der Waals surface area contributed by atoms with Crippen LogP contribution in [0.2, 0.25) is 10.0 Å². The van der Waals surface area contributed by atoms with E-state index < -0.39 is 5.92 Å². The fourth-order valence-corrected chi connectivity index (χ4v) is 4.21. The highest BCUT2D eigenvalue weighted by Gasteiger charge is 2.19. The van der Waals surface area contributed by atoms with Crippen LogP contribution in [0.3, 0.4) is 0 Å². The number of nitrogen functional groups attached to an aromatic ring is 1. The third kappa shape index (κ3) is 5.48. The van der Waals surface area contributed by atoms with Crippen LogP contribution in [-0.2, 0) is 0 Å². The molecular weight excluding hydrogens is 479 g/mol. The molecule has 4 rings (SSSR count). The Morgan fingerprint density at radius 3 is 2.31 bits per heavy atom. The highest BCUT2D eigenvalue weighted by Crippen LogP contribution is 2.36. The van der Waals surface area contributed by atoms with Gasteiger partial charge in [0.15, 0.2) is 11.6 Å². The molecule has 0 saturated heterocycles. The van der Waals surface area contributed by atoms with Crippen molar-refractivity contribution in [2.24, 2.45) is 0 Å². The predicted molar refractivity (Wildman–Crippen MR) is 143 cm³/mol. The number of nitriles is 1. The molecule has 2 unspecified atom stereocenters. The second-order valence-corrected chi connectivity index (χ2v) is 9.03. The van der Waals surface area contributed by atoms with Gasteiger partial charge in [-0.3, -0.25) is 0 Å². The number of anilines is 4. The lowest BCUT2D eigenvalue weighted by Crippen LogP contribution is -2.12. The van der Waals surface area contributed by atoms with Crippen LogP contribution in [0.4, 0.5) is 23.0 Å². The highest BCUT2D eigenvalue weighted by molar-refractivity contribution is 6.32. The van der Waals surface area contributed by atoms with E-state index in [1.165, 1.54) is 6.33 Å². The van der Waals surface area contributed by atoms with Gasteiger partial charge in [-0.1, -0.05) is 71.7 Å². The van der Waals surface area contributed by atoms with E-state index in [-0.39, 0.29) is 6.04 Å². The van der Waals surface area contributed by atoms with Gasteiger partial charge in [0.05, 0.1) is 18.0 Å². The van der Waals surface area contributed by atoms with E-state index >= 15 is 0 Å². The lowest BCUT2D eigenvalue weighted by atomic mass is 9.91. The molecule has 4 N–H and O–H groups in total. The van der Waals surface area contributed by atoms with Gasteiger partial charge in [0.2, 0.25) is 0 Å². The fourth-order valence-electron chi connectivity index (χ4n) is 3.81. The van der Waals surface area contributed by atoms with E-state index in [1.54, 1.807) is 18.2 Å². The van der Waals surface area contributed by atoms with Crippen molar-refractivity contribution in [1.29, 1.82) is 5.26 Å². The molecule has 1 aromatic heterocycles. The molecule has 0 radical (unpaired) electrons. The van der Waals surface area contributed by atoms with Crippen LogP contribution in [0.1, 0.15) is 41.1 Å². The molecule has 35 heavy (non-hydrogen) atoms. The van der Waals surface area contributed by atoms with Crippen LogP contribution in [0.15, 0.2) is 73.1 Å². The highest BCUT2D eigenvalue weighted by atomic mass is 35.5. The number of rotatable bonds is 7. The third-order valence-corrected chi connectivity index (χ3v) is 6.36. The Bertz CT molecular complexity index is 1370. The number of benzene rings is 3. The molecule has 2 atom stereocenters. The maximum absolute atomic E-state index is 9.85. The van der Waals surface area contributed by atoms with E-state index in [0.29, 0.717) is 32.9 Å². The van der Waals surface area contributed by atoms with Gasteiger partial charge in [0.1, 0.15) is 12.0 Å². The fraction of sp³-hybridized carbons (Fsp3) is 0.148. The quantitative estimate of drug-likeness (QED) is 0.246. The Morgan fingerprint density at radius 1 is 0.943 bits per heavy atom. The molecule has 176 valence electrons. The van der Waals surface area contributed by atoms with Crippen molar-refractivity contribution in [3.8, 4) is 6.07 Å². The molecule has 8 heteroatoms. The first kappa shape index (κ1) is 24.3. The van der Waals surface area contributed by atoms with Crippen LogP contribution < -0.4 is 16.4 Å². The number of nitrogens with one attached hydrogen (secondary N) is 2. The van der Waals surface area contributed by atoms with Crippen molar-refractivity contribution in [3.63, 3.8) is 0 Å². The summed E-state index contributed by atoms with van der Waals surface area (Å²) >= 11 is 12.6. The summed E-state index contributed by atoms with van der Waals surface area (Å²) in [6.45, 7) is 3.98. The molecule has 0 spiro atoms. The third-order valence-electron chi connectivity index (χ3n) is 5.78. The zero-order chi connectivity index (χ0) is 24.9. The van der Waals surface area contributed by atoms with Gasteiger partial charge in [-0.25, -0.2) is 9.97 Å². The maximum Gasteiger partial charge on any atom is 0.159 e. The number of halogens is 2. The van der Waals surface area contributed by atoms with Gasteiger partial charge in [-0.05, 0) is 54.3 Å². The number of aromatic nitrogens is 2. The Kier molecular flexibility index (Phi) is 7.40. The van der Waals surface area contributed by atoms with Gasteiger partial charge >= 0.3 is 0 Å². The first-order valence-electron chi connectivity index (χ1n) is 11.0. The van der Waals surface area contributed by atoms with Crippen molar-refractivity contribution in [2.75, 3.05) is 16.4 Å². The zero-order valence-electron chi connectivity index (χ0n) is 19.3. The minimum absolute atomic E-state index is 0.00694. The van der Waals surface area contributed by atoms with Crippen molar-refractivity contribution >= 4 is 46.2 Å². The molecule has 0 aliphatic carbocycles. The molecule has 0 aliphatic heterocycles. The summed E-state index contributed by atoms with van der Waals surface area (Å²) in [5.41, 5.74) is 11.1. The maximum atomic E-state index is 9.85. The summed E-state index contributed by atoms with van der Waals surface area (Å²) < 4.78 is 0. The van der Waals surface area contributed by atoms with Gasteiger partial charge in [-0.2, -0.15) is 5.26 Å². The summed E-state index contributed by atoms with van der Waals surface area (Å²) in [6.07, 6.45) is 1.45. The minimum Gasteiger partial charge on any atom is -0.393 e. The van der Waals surface area contributed by atoms with Gasteiger partial charge in [0, 0.05) is 15.7 Å². The van der Waals surface area contributed by atoms with Crippen molar-refractivity contribution in [2.45, 2.75) is 25.8 Å². The van der Waals surface area contributed by atoms with E-state index in [1.807, 2.05) is 62.4 Å². The molecule has 6 nitrogen and oxygen atoms in total. The summed E-state index contributed by atoms with van der Waals surface area (Å²) in [4.78, 5) is 8.63. The van der Waals surface area contributed by atoms with E-state index in [9.17, 15) is 5.26 Å². The molecule has 0 amide bonds. The lowest BCUT2D eigenvalue weighted by molar-refractivity contribution is 0.873. The van der Waals surface area contributed by atoms with Crippen LogP contribution in [-0.4, -0.2) is 9.97 Å². The van der Waals surface area contributed by atoms with E-state index in [0.717, 1.165) is 22.4 Å². The SMILES string of the molecule is Cc1cc(C(C#N)c2ccc(Cl)cc2)c(Cl)cc1Nc1ncnc(NC(C)c2ccccc2)c1N. The molecule has 4 aromatic rings. The Balaban J connectivity index is 1.59. The topological polar surface area (TPSA) is 99.6 Å². The first-order chi connectivity index (χ1) is 16.9. The van der Waals surface area contributed by atoms with Crippen molar-refractivity contribution < 1.29 is 0 Å². The minimum atomic E-state index is -0.521. The molecule has 3 aromatic carbocycles. The van der Waals surface area contributed by atoms with E-state index in [4.69, 9.17) is 28.9 Å². The van der Waals surface area contributed by atoms with E-state index in [2.05, 4.69) is 26.7 Å². The number of nitrogens with two attached hydrogens (primary N) is 1. The number of aryl methyl sites for hydroxylation is 1. The second kappa shape index (κ2) is 10.6. The second-order valence-electron chi connectivity index (χ2n) is 8.19. The smallest absolute Gasteiger partial charge is 0.159 e. The lowest BCUT2D eigenvalue weighted by Gasteiger charge is -2.19. The number of hydrogen-bond donors (Lipinski definition) is 3. The normalized spacial score (nSPS) is 12.4. The Hall–Kier alpha value is -3.79. The molecule has 1 heterocycles. The van der Waals surface area contributed by atoms with Crippen molar-refractivity contribution in [1.82, 2.24) is 9.97 Å². The summed E-state index contributed by atoms with van der Waals surface area (Å²) in [5.74, 6) is 0.475. The van der Waals surface area contributed by atoms with Gasteiger partial charge in [-0.15, -0.1) is 0 Å². The monoisotopic (exact) mass is 502 g/mol. The standard InChI is InChI=1S/C27H24Cl2N6/c1-16-12-21(22(14-30)19-8-10-20(28)11-9-19)23(29)13-24(16)35-27-25(31)26(32-15-33-27)34-17(2)18-6-4-3-5-7-18/h3-13,15,17,22H,31H2,1-2H3,(H2,32,33,34,35). The average Bonchev–Trinajstić information content (AvgIpc) is 2.86. The molecule has 0 saturated carbocycles. The average molecular weight is 503 g/mol. The summed E-state index contributed by atoms with van der Waals surface area (Å²) in [6, 6.07) is 23.3.